The first kappa shape index (κ1) is 26.3. The fourth-order valence-corrected chi connectivity index (χ4v) is 7.31. The molecule has 0 radical (unpaired) electrons. The van der Waals surface area contributed by atoms with E-state index in [-0.39, 0.29) is 23.0 Å². The Morgan fingerprint density at radius 3 is 2.86 bits per heavy atom. The van der Waals surface area contributed by atoms with E-state index in [1.807, 2.05) is 36.0 Å². The quantitative estimate of drug-likeness (QED) is 0.276. The summed E-state index contributed by atoms with van der Waals surface area (Å²) in [6.07, 6.45) is 6.11. The zero-order valence-electron chi connectivity index (χ0n) is 19.6. The van der Waals surface area contributed by atoms with Crippen LogP contribution in [0.25, 0.3) is 10.4 Å². The minimum atomic E-state index is -0.353. The van der Waals surface area contributed by atoms with Crippen molar-refractivity contribution < 1.29 is 19.2 Å². The summed E-state index contributed by atoms with van der Waals surface area (Å²) in [5, 5.41) is 5.55. The zero-order chi connectivity index (χ0) is 24.5. The van der Waals surface area contributed by atoms with Crippen LogP contribution in [0, 0.1) is 0 Å². The zero-order valence-corrected chi connectivity index (χ0v) is 22.0. The first-order valence-corrected chi connectivity index (χ1v) is 14.4. The summed E-state index contributed by atoms with van der Waals surface area (Å²) in [5.41, 5.74) is 4.38. The predicted octanol–water partition coefficient (Wildman–Crippen LogP) is 5.85. The van der Waals surface area contributed by atoms with Crippen LogP contribution in [0.5, 0.6) is 0 Å². The van der Waals surface area contributed by atoms with Crippen LogP contribution in [0.2, 0.25) is 0 Å². The lowest BCUT2D eigenvalue weighted by molar-refractivity contribution is -0.200. The smallest absolute Gasteiger partial charge is 0.319 e. The summed E-state index contributed by atoms with van der Waals surface area (Å²) in [6, 6.07) is 11.7. The van der Waals surface area contributed by atoms with Gasteiger partial charge in [-0.1, -0.05) is 18.6 Å². The van der Waals surface area contributed by atoms with Crippen molar-refractivity contribution in [3.05, 3.63) is 41.3 Å². The van der Waals surface area contributed by atoms with E-state index in [1.165, 1.54) is 4.88 Å². The van der Waals surface area contributed by atoms with Gasteiger partial charge in [0, 0.05) is 47.3 Å². The number of rotatable bonds is 9. The fraction of sp³-hybridized carbons (Fsp3) is 0.520. The number of hydroxylamine groups is 1. The fourth-order valence-electron chi connectivity index (χ4n) is 4.33. The Hall–Kier alpha value is -1.78. The molecular formula is C25H32ClN3O4S2. The van der Waals surface area contributed by atoms with Crippen LogP contribution < -0.4 is 16.1 Å². The van der Waals surface area contributed by atoms with Crippen molar-refractivity contribution in [1.82, 2.24) is 10.8 Å². The number of benzene rings is 1. The Kier molecular flexibility index (Phi) is 9.74. The molecule has 3 heterocycles. The molecule has 1 aromatic carbocycles. The summed E-state index contributed by atoms with van der Waals surface area (Å²) >= 11 is 9.21. The lowest BCUT2D eigenvalue weighted by Crippen LogP contribution is -2.37. The van der Waals surface area contributed by atoms with Gasteiger partial charge >= 0.3 is 6.03 Å². The van der Waals surface area contributed by atoms with Gasteiger partial charge in [-0.25, -0.2) is 15.1 Å². The van der Waals surface area contributed by atoms with Crippen LogP contribution in [0.15, 0.2) is 36.4 Å². The number of halogens is 1. The Morgan fingerprint density at radius 1 is 1.17 bits per heavy atom. The Balaban J connectivity index is 1.44. The number of nitrogens with one attached hydrogen (secondary N) is 3. The van der Waals surface area contributed by atoms with Gasteiger partial charge in [0.05, 0.1) is 4.75 Å². The van der Waals surface area contributed by atoms with E-state index in [9.17, 15) is 9.59 Å². The van der Waals surface area contributed by atoms with Crippen molar-refractivity contribution in [2.45, 2.75) is 56.0 Å². The van der Waals surface area contributed by atoms with Crippen LogP contribution in [-0.2, 0) is 19.1 Å². The first-order valence-electron chi connectivity index (χ1n) is 12.1. The molecule has 2 atom stereocenters. The third-order valence-electron chi connectivity index (χ3n) is 6.08. The maximum Gasteiger partial charge on any atom is 0.319 e. The molecule has 3 amide bonds. The second-order valence-corrected chi connectivity index (χ2v) is 11.7. The molecule has 35 heavy (non-hydrogen) atoms. The summed E-state index contributed by atoms with van der Waals surface area (Å²) in [4.78, 5) is 32.7. The molecule has 0 aliphatic carbocycles. The van der Waals surface area contributed by atoms with Gasteiger partial charge in [-0.15, -0.1) is 34.7 Å². The molecule has 0 bridgehead atoms. The van der Waals surface area contributed by atoms with E-state index in [2.05, 4.69) is 28.2 Å². The Morgan fingerprint density at radius 2 is 2.09 bits per heavy atom. The average Bonchev–Trinajstić information content (AvgIpc) is 3.39. The molecule has 2 aliphatic heterocycles. The highest BCUT2D eigenvalue weighted by atomic mass is 35.5. The molecular weight excluding hydrogens is 506 g/mol. The number of urea groups is 1. The van der Waals surface area contributed by atoms with Gasteiger partial charge in [-0.3, -0.25) is 4.79 Å². The largest absolute Gasteiger partial charge is 0.350 e. The highest BCUT2D eigenvalue weighted by Crippen LogP contribution is 2.51. The van der Waals surface area contributed by atoms with Crippen LogP contribution in [-0.4, -0.2) is 43.0 Å². The molecule has 0 spiro atoms. The summed E-state index contributed by atoms with van der Waals surface area (Å²) < 4.78 is 5.29. The number of amides is 3. The normalized spacial score (nSPS) is 22.4. The molecule has 1 unspecified atom stereocenters. The van der Waals surface area contributed by atoms with Crippen LogP contribution >= 0.6 is 34.7 Å². The molecule has 7 nitrogen and oxygen atoms in total. The van der Waals surface area contributed by atoms with Crippen molar-refractivity contribution in [3.8, 4) is 10.4 Å². The van der Waals surface area contributed by atoms with Gasteiger partial charge in [-0.2, -0.15) is 0 Å². The Labute approximate surface area is 219 Å². The first-order chi connectivity index (χ1) is 17.1. The van der Waals surface area contributed by atoms with Crippen molar-refractivity contribution in [1.29, 1.82) is 0 Å². The van der Waals surface area contributed by atoms with Gasteiger partial charge in [0.15, 0.2) is 6.29 Å². The molecule has 10 heteroatoms. The third kappa shape index (κ3) is 7.36. The van der Waals surface area contributed by atoms with Crippen molar-refractivity contribution in [2.75, 3.05) is 30.1 Å². The van der Waals surface area contributed by atoms with E-state index in [0.29, 0.717) is 31.1 Å². The molecule has 2 saturated heterocycles. The highest BCUT2D eigenvalue weighted by molar-refractivity contribution is 8.00. The van der Waals surface area contributed by atoms with Gasteiger partial charge in [0.25, 0.3) is 0 Å². The molecule has 3 N–H and O–H groups in total. The van der Waals surface area contributed by atoms with Crippen LogP contribution in [0.1, 0.15) is 49.8 Å². The summed E-state index contributed by atoms with van der Waals surface area (Å²) in [7, 11) is 0. The molecule has 190 valence electrons. The lowest BCUT2D eigenvalue weighted by Gasteiger charge is -2.35. The third-order valence-corrected chi connectivity index (χ3v) is 9.35. The maximum atomic E-state index is 12.9. The molecule has 2 aliphatic rings. The number of alkyl halides is 1. The maximum absolute atomic E-state index is 12.9. The predicted molar refractivity (Wildman–Crippen MR) is 143 cm³/mol. The number of anilines is 1. The van der Waals surface area contributed by atoms with Crippen LogP contribution in [0.4, 0.5) is 10.5 Å². The van der Waals surface area contributed by atoms with E-state index in [1.54, 1.807) is 11.3 Å². The number of carbonyl (C=O) groups is 2. The average molecular weight is 538 g/mol. The lowest BCUT2D eigenvalue weighted by atomic mass is 9.94. The number of ether oxygens (including phenoxy) is 1. The number of thiophene rings is 1. The van der Waals surface area contributed by atoms with E-state index >= 15 is 0 Å². The van der Waals surface area contributed by atoms with Gasteiger partial charge in [0.1, 0.15) is 0 Å². The Bertz CT molecular complexity index is 991. The second kappa shape index (κ2) is 13.0. The minimum absolute atomic E-state index is 0.113. The molecule has 2 aromatic rings. The molecule has 1 aromatic heterocycles. The summed E-state index contributed by atoms with van der Waals surface area (Å²) in [6.45, 7) is 1.08. The SMILES string of the molecule is O=C(C[C@]1(c2ccc(-c3cccc(NC(=O)NCCCl)c3)s2)CCCCS1)NOC1CCCCO1. The number of hydrogen-bond donors (Lipinski definition) is 3. The number of carbonyl (C=O) groups excluding carboxylic acids is 2. The van der Waals surface area contributed by atoms with Gasteiger partial charge in [0.2, 0.25) is 5.91 Å². The number of thioether (sulfide) groups is 1. The standard InChI is InChI=1S/C25H32ClN3O4S2/c26-12-13-27-24(31)28-19-7-5-6-18(16-19)20-9-10-21(35-20)25(11-2-4-15-34-25)17-22(30)29-33-23-8-1-3-14-32-23/h5-7,9-10,16,23H,1-4,8,11-15,17H2,(H,29,30)(H2,27,28,31)/t23?,25-/m0/s1. The van der Waals surface area contributed by atoms with E-state index < -0.39 is 0 Å². The van der Waals surface area contributed by atoms with Crippen LogP contribution in [0.3, 0.4) is 0 Å². The topological polar surface area (TPSA) is 88.7 Å². The molecule has 0 saturated carbocycles. The second-order valence-electron chi connectivity index (χ2n) is 8.73. The van der Waals surface area contributed by atoms with E-state index in [4.69, 9.17) is 21.2 Å². The van der Waals surface area contributed by atoms with Crippen molar-refractivity contribution in [3.63, 3.8) is 0 Å². The minimum Gasteiger partial charge on any atom is -0.350 e. The van der Waals surface area contributed by atoms with E-state index in [0.717, 1.165) is 54.7 Å². The molecule has 4 rings (SSSR count). The monoisotopic (exact) mass is 537 g/mol. The highest BCUT2D eigenvalue weighted by Gasteiger charge is 2.38. The molecule has 2 fully saturated rings. The number of hydrogen-bond acceptors (Lipinski definition) is 6. The van der Waals surface area contributed by atoms with Gasteiger partial charge in [-0.05, 0) is 61.3 Å². The van der Waals surface area contributed by atoms with Gasteiger partial charge < -0.3 is 15.4 Å². The van der Waals surface area contributed by atoms with Crippen molar-refractivity contribution >= 4 is 52.3 Å². The van der Waals surface area contributed by atoms with Crippen molar-refractivity contribution in [2.24, 2.45) is 0 Å². The summed E-state index contributed by atoms with van der Waals surface area (Å²) in [5.74, 6) is 1.28.